The maximum atomic E-state index is 14.3. The predicted molar refractivity (Wildman–Crippen MR) is 157 cm³/mol. The van der Waals surface area contributed by atoms with E-state index in [1.165, 1.54) is 23.5 Å². The van der Waals surface area contributed by atoms with E-state index in [4.69, 9.17) is 16.3 Å². The molecule has 40 heavy (non-hydrogen) atoms. The number of benzene rings is 2. The SMILES string of the molecule is C=C(C)c1ccc(C)c(C)c1[C@@H](C)[C@@H](C1=NNNN1)N(C)S(=O)(=O)c1ccc(Cl)cc1CC(=O)N1CCOCC1. The van der Waals surface area contributed by atoms with Gasteiger partial charge in [-0.05, 0) is 66.8 Å². The van der Waals surface area contributed by atoms with Crippen molar-refractivity contribution in [2.75, 3.05) is 33.4 Å². The third-order valence-electron chi connectivity index (χ3n) is 7.65. The van der Waals surface area contributed by atoms with Gasteiger partial charge in [-0.15, -0.1) is 10.6 Å². The van der Waals surface area contributed by atoms with Crippen LogP contribution in [0.15, 0.2) is 46.9 Å². The summed E-state index contributed by atoms with van der Waals surface area (Å²) < 4.78 is 35.3. The van der Waals surface area contributed by atoms with Crippen molar-refractivity contribution in [1.29, 1.82) is 0 Å². The van der Waals surface area contributed by atoms with Crippen LogP contribution in [0.2, 0.25) is 5.02 Å². The van der Waals surface area contributed by atoms with Crippen LogP contribution >= 0.6 is 11.6 Å². The Morgan fingerprint density at radius 2 is 1.93 bits per heavy atom. The second kappa shape index (κ2) is 12.3. The van der Waals surface area contributed by atoms with Crippen molar-refractivity contribution in [1.82, 2.24) is 25.7 Å². The van der Waals surface area contributed by atoms with Crippen LogP contribution in [0.5, 0.6) is 0 Å². The van der Waals surface area contributed by atoms with E-state index in [1.807, 2.05) is 39.8 Å². The van der Waals surface area contributed by atoms with Gasteiger partial charge in [0.05, 0.1) is 30.6 Å². The number of carbonyl (C=O) groups excluding carboxylic acids is 1. The summed E-state index contributed by atoms with van der Waals surface area (Å²) in [4.78, 5) is 14.8. The predicted octanol–water partition coefficient (Wildman–Crippen LogP) is 3.11. The second-order valence-corrected chi connectivity index (χ2v) is 12.7. The summed E-state index contributed by atoms with van der Waals surface area (Å²) in [6.07, 6.45) is -0.0950. The first kappa shape index (κ1) is 30.0. The molecule has 0 spiro atoms. The number of ether oxygens (including phenoxy) is 1. The van der Waals surface area contributed by atoms with E-state index in [0.717, 1.165) is 27.8 Å². The summed E-state index contributed by atoms with van der Waals surface area (Å²) in [5.74, 6) is -0.0941. The van der Waals surface area contributed by atoms with Gasteiger partial charge in [0.25, 0.3) is 0 Å². The first-order chi connectivity index (χ1) is 18.9. The quantitative estimate of drug-likeness (QED) is 0.412. The number of morpholine rings is 1. The lowest BCUT2D eigenvalue weighted by Gasteiger charge is -2.34. The number of hydrazone groups is 1. The lowest BCUT2D eigenvalue weighted by molar-refractivity contribution is -0.134. The van der Waals surface area contributed by atoms with Gasteiger partial charge in [0.1, 0.15) is 0 Å². The van der Waals surface area contributed by atoms with Gasteiger partial charge < -0.3 is 9.64 Å². The van der Waals surface area contributed by atoms with Crippen LogP contribution in [-0.2, 0) is 26.0 Å². The minimum Gasteiger partial charge on any atom is -0.378 e. The van der Waals surface area contributed by atoms with Gasteiger partial charge in [-0.3, -0.25) is 10.2 Å². The molecule has 2 aliphatic rings. The van der Waals surface area contributed by atoms with Crippen molar-refractivity contribution in [3.63, 3.8) is 0 Å². The zero-order valence-corrected chi connectivity index (χ0v) is 25.1. The van der Waals surface area contributed by atoms with Crippen LogP contribution in [0.4, 0.5) is 0 Å². The molecule has 2 heterocycles. The molecule has 1 amide bonds. The van der Waals surface area contributed by atoms with Crippen LogP contribution in [0.1, 0.15) is 47.6 Å². The molecule has 1 fully saturated rings. The molecular weight excluding hydrogens is 552 g/mol. The number of nitrogens with one attached hydrogen (secondary N) is 3. The number of hydrogen-bond acceptors (Lipinski definition) is 8. The second-order valence-electron chi connectivity index (χ2n) is 10.3. The number of likely N-dealkylation sites (N-methyl/N-ethyl adjacent to an activating group) is 1. The molecule has 0 bridgehead atoms. The van der Waals surface area contributed by atoms with E-state index in [0.29, 0.717) is 42.7 Å². The Balaban J connectivity index is 1.77. The molecule has 0 radical (unpaired) electrons. The largest absolute Gasteiger partial charge is 0.378 e. The molecular formula is C28H37ClN6O4S. The zero-order valence-electron chi connectivity index (χ0n) is 23.5. The number of carbonyl (C=O) groups is 1. The molecule has 0 aromatic heterocycles. The summed E-state index contributed by atoms with van der Waals surface area (Å²) in [6.45, 7) is 14.0. The monoisotopic (exact) mass is 588 g/mol. The molecule has 216 valence electrons. The topological polar surface area (TPSA) is 115 Å². The van der Waals surface area contributed by atoms with E-state index in [2.05, 4.69) is 28.2 Å². The Morgan fingerprint density at radius 3 is 2.55 bits per heavy atom. The smallest absolute Gasteiger partial charge is 0.243 e. The molecule has 2 aliphatic heterocycles. The van der Waals surface area contributed by atoms with Crippen molar-refractivity contribution >= 4 is 38.9 Å². The minimum atomic E-state index is -4.13. The fourth-order valence-corrected chi connectivity index (χ4v) is 7.15. The van der Waals surface area contributed by atoms with Crippen molar-refractivity contribution in [2.45, 2.75) is 51.0 Å². The number of amides is 1. The third-order valence-corrected chi connectivity index (χ3v) is 9.83. The highest BCUT2D eigenvalue weighted by Gasteiger charge is 2.39. The Bertz CT molecular complexity index is 1440. The lowest BCUT2D eigenvalue weighted by Crippen LogP contribution is -2.51. The standard InChI is InChI=1S/C28H37ClN6O4S/c1-17(2)23-9-7-18(3)19(4)26(23)20(5)27(28-30-32-33-31-28)34(6)40(37,38)24-10-8-22(29)15-21(24)16-25(36)35-11-13-39-14-12-35/h7-10,15,20,27,32-33H,1,11-14,16H2,2-6H3,(H,30,31)/t20-,27+/m1/s1. The minimum absolute atomic E-state index is 0.0267. The van der Waals surface area contributed by atoms with Gasteiger partial charge in [0, 0.05) is 31.1 Å². The van der Waals surface area contributed by atoms with Crippen LogP contribution in [0, 0.1) is 13.8 Å². The van der Waals surface area contributed by atoms with Gasteiger partial charge in [-0.2, -0.15) is 4.31 Å². The van der Waals surface area contributed by atoms with E-state index >= 15 is 0 Å². The normalized spacial score (nSPS) is 17.2. The maximum Gasteiger partial charge on any atom is 0.243 e. The van der Waals surface area contributed by atoms with Gasteiger partial charge in [0.2, 0.25) is 15.9 Å². The molecule has 12 heteroatoms. The van der Waals surface area contributed by atoms with Crippen LogP contribution in [0.3, 0.4) is 0 Å². The van der Waals surface area contributed by atoms with Gasteiger partial charge in [-0.1, -0.05) is 42.8 Å². The van der Waals surface area contributed by atoms with Gasteiger partial charge in [0.15, 0.2) is 5.84 Å². The molecule has 10 nitrogen and oxygen atoms in total. The number of amidine groups is 1. The highest BCUT2D eigenvalue weighted by Crippen LogP contribution is 2.36. The fourth-order valence-electron chi connectivity index (χ4n) is 5.36. The van der Waals surface area contributed by atoms with E-state index in [-0.39, 0.29) is 23.1 Å². The van der Waals surface area contributed by atoms with Crippen LogP contribution < -0.4 is 16.5 Å². The highest BCUT2D eigenvalue weighted by molar-refractivity contribution is 7.89. The van der Waals surface area contributed by atoms with Gasteiger partial charge >= 0.3 is 0 Å². The molecule has 4 rings (SSSR count). The Labute approximate surface area is 241 Å². The summed E-state index contributed by atoms with van der Waals surface area (Å²) >= 11 is 6.28. The Kier molecular flexibility index (Phi) is 9.21. The summed E-state index contributed by atoms with van der Waals surface area (Å²) in [6, 6.07) is 7.89. The molecule has 3 N–H and O–H groups in total. The first-order valence-electron chi connectivity index (χ1n) is 13.1. The van der Waals surface area contributed by atoms with Crippen LogP contribution in [-0.4, -0.2) is 68.8 Å². The maximum absolute atomic E-state index is 14.3. The van der Waals surface area contributed by atoms with Crippen LogP contribution in [0.25, 0.3) is 5.57 Å². The molecule has 2 aromatic carbocycles. The van der Waals surface area contributed by atoms with E-state index < -0.39 is 16.1 Å². The number of hydrazine groups is 2. The summed E-state index contributed by atoms with van der Waals surface area (Å²) in [5, 5.41) is 4.66. The molecule has 0 saturated carbocycles. The highest BCUT2D eigenvalue weighted by atomic mass is 35.5. The number of halogens is 1. The average molecular weight is 589 g/mol. The van der Waals surface area contributed by atoms with E-state index in [9.17, 15) is 13.2 Å². The number of sulfonamides is 1. The molecule has 2 atom stereocenters. The van der Waals surface area contributed by atoms with Crippen molar-refractivity contribution in [2.24, 2.45) is 5.10 Å². The van der Waals surface area contributed by atoms with Crippen molar-refractivity contribution in [3.05, 3.63) is 69.8 Å². The number of aryl methyl sites for hydroxylation is 1. The Hall–Kier alpha value is -2.96. The molecule has 2 aromatic rings. The number of nitrogens with zero attached hydrogens (tertiary/aromatic N) is 3. The summed E-state index contributed by atoms with van der Waals surface area (Å²) in [5.41, 5.74) is 13.7. The number of hydrogen-bond donors (Lipinski definition) is 3. The van der Waals surface area contributed by atoms with Crippen molar-refractivity contribution in [3.8, 4) is 0 Å². The molecule has 0 aliphatic carbocycles. The first-order valence-corrected chi connectivity index (χ1v) is 15.0. The van der Waals surface area contributed by atoms with Crippen molar-refractivity contribution < 1.29 is 17.9 Å². The van der Waals surface area contributed by atoms with E-state index in [1.54, 1.807) is 11.0 Å². The Morgan fingerprint density at radius 1 is 1.23 bits per heavy atom. The lowest BCUT2D eigenvalue weighted by atomic mass is 9.82. The third kappa shape index (κ3) is 6.03. The molecule has 1 saturated heterocycles. The number of allylic oxidation sites excluding steroid dienone is 1. The molecule has 0 unspecified atom stereocenters. The fraction of sp³-hybridized carbons (Fsp3) is 0.429. The number of rotatable bonds is 9. The zero-order chi connectivity index (χ0) is 29.2. The average Bonchev–Trinajstić information content (AvgIpc) is 3.44. The summed E-state index contributed by atoms with van der Waals surface area (Å²) in [7, 11) is -2.59. The van der Waals surface area contributed by atoms with Gasteiger partial charge in [-0.25, -0.2) is 14.0 Å².